The summed E-state index contributed by atoms with van der Waals surface area (Å²) in [6.07, 6.45) is 4.25. The zero-order valence-electron chi connectivity index (χ0n) is 11.9. The average Bonchev–Trinajstić information content (AvgIpc) is 3.17. The molecule has 1 saturated carbocycles. The maximum atomic E-state index is 12.1. The minimum absolute atomic E-state index is 0.0289. The highest BCUT2D eigenvalue weighted by Crippen LogP contribution is 2.36. The molecule has 0 amide bonds. The van der Waals surface area contributed by atoms with Gasteiger partial charge in [0.1, 0.15) is 0 Å². The van der Waals surface area contributed by atoms with Crippen LogP contribution in [-0.4, -0.2) is 47.3 Å². The monoisotopic (exact) mass is 395 g/mol. The van der Waals surface area contributed by atoms with Crippen LogP contribution < -0.4 is 4.90 Å². The van der Waals surface area contributed by atoms with Gasteiger partial charge in [-0.2, -0.15) is 0 Å². The van der Waals surface area contributed by atoms with Crippen molar-refractivity contribution in [3.8, 4) is 0 Å². The van der Waals surface area contributed by atoms with Gasteiger partial charge in [-0.3, -0.25) is 0 Å². The Morgan fingerprint density at radius 1 is 1.14 bits per heavy atom. The van der Waals surface area contributed by atoms with Gasteiger partial charge in [-0.25, -0.2) is 16.8 Å². The van der Waals surface area contributed by atoms with E-state index in [1.165, 1.54) is 12.1 Å². The van der Waals surface area contributed by atoms with Crippen molar-refractivity contribution in [2.24, 2.45) is 0 Å². The van der Waals surface area contributed by atoms with E-state index < -0.39 is 19.7 Å². The molecule has 5 nitrogen and oxygen atoms in total. The summed E-state index contributed by atoms with van der Waals surface area (Å²) in [4.78, 5) is 2.15. The maximum Gasteiger partial charge on any atom is 0.177 e. The second-order valence-corrected chi connectivity index (χ2v) is 10.1. The Labute approximate surface area is 134 Å². The molecule has 1 aliphatic carbocycles. The van der Waals surface area contributed by atoms with E-state index in [0.29, 0.717) is 18.3 Å². The lowest BCUT2D eigenvalue weighted by Crippen LogP contribution is -2.29. The molecule has 0 heterocycles. The Morgan fingerprint density at radius 3 is 2.19 bits per heavy atom. The highest BCUT2D eigenvalue weighted by Gasteiger charge is 2.32. The van der Waals surface area contributed by atoms with Crippen LogP contribution in [0.1, 0.15) is 12.8 Å². The minimum Gasteiger partial charge on any atom is -0.367 e. The molecule has 21 heavy (non-hydrogen) atoms. The molecular formula is C13H18BrNO4S2. The highest BCUT2D eigenvalue weighted by atomic mass is 79.9. The first-order valence-electron chi connectivity index (χ1n) is 6.51. The highest BCUT2D eigenvalue weighted by molar-refractivity contribution is 9.09. The zero-order chi connectivity index (χ0) is 15.8. The largest absolute Gasteiger partial charge is 0.367 e. The SMILES string of the molecule is CS(=O)(=O)c1ccc(N(CCBr)C2CC2)c(S(C)(=O)=O)c1. The van der Waals surface area contributed by atoms with Gasteiger partial charge in [0.25, 0.3) is 0 Å². The molecule has 118 valence electrons. The van der Waals surface area contributed by atoms with E-state index >= 15 is 0 Å². The van der Waals surface area contributed by atoms with E-state index in [1.54, 1.807) is 6.07 Å². The van der Waals surface area contributed by atoms with Crippen LogP contribution in [0.4, 0.5) is 5.69 Å². The summed E-state index contributed by atoms with van der Waals surface area (Å²) in [5, 5.41) is 0.723. The third-order valence-corrected chi connectivity index (χ3v) is 5.97. The van der Waals surface area contributed by atoms with Gasteiger partial charge < -0.3 is 4.90 Å². The van der Waals surface area contributed by atoms with Gasteiger partial charge in [-0.1, -0.05) is 15.9 Å². The molecule has 0 spiro atoms. The lowest BCUT2D eigenvalue weighted by atomic mass is 10.2. The molecule has 0 aromatic heterocycles. The minimum atomic E-state index is -3.51. The summed E-state index contributed by atoms with van der Waals surface area (Å²) in [5.41, 5.74) is 0.590. The van der Waals surface area contributed by atoms with Crippen LogP contribution >= 0.6 is 15.9 Å². The van der Waals surface area contributed by atoms with Crippen LogP contribution in [0.15, 0.2) is 28.0 Å². The average molecular weight is 396 g/mol. The van der Waals surface area contributed by atoms with Crippen molar-refractivity contribution in [1.82, 2.24) is 0 Å². The Bertz CT molecular complexity index is 739. The summed E-state index contributed by atoms with van der Waals surface area (Å²) < 4.78 is 47.4. The van der Waals surface area contributed by atoms with Crippen molar-refractivity contribution in [1.29, 1.82) is 0 Å². The van der Waals surface area contributed by atoms with Gasteiger partial charge in [0, 0.05) is 30.4 Å². The molecule has 8 heteroatoms. The molecule has 0 saturated heterocycles. The van der Waals surface area contributed by atoms with Crippen molar-refractivity contribution < 1.29 is 16.8 Å². The fourth-order valence-electron chi connectivity index (χ4n) is 2.24. The molecule has 1 fully saturated rings. The van der Waals surface area contributed by atoms with Gasteiger partial charge in [0.15, 0.2) is 19.7 Å². The van der Waals surface area contributed by atoms with E-state index in [9.17, 15) is 16.8 Å². The molecule has 1 aliphatic rings. The number of alkyl halides is 1. The molecule has 0 radical (unpaired) electrons. The van der Waals surface area contributed by atoms with E-state index in [-0.39, 0.29) is 9.79 Å². The van der Waals surface area contributed by atoms with Crippen LogP contribution in [0.3, 0.4) is 0 Å². The molecule has 0 bridgehead atoms. The number of halogens is 1. The summed E-state index contributed by atoms with van der Waals surface area (Å²) in [6, 6.07) is 4.69. The fourth-order valence-corrected chi connectivity index (χ4v) is 4.25. The third kappa shape index (κ3) is 3.98. The number of hydrogen-bond acceptors (Lipinski definition) is 5. The van der Waals surface area contributed by atoms with E-state index in [0.717, 1.165) is 30.7 Å². The number of benzene rings is 1. The lowest BCUT2D eigenvalue weighted by molar-refractivity contribution is 0.599. The number of hydrogen-bond donors (Lipinski definition) is 0. The van der Waals surface area contributed by atoms with E-state index in [2.05, 4.69) is 15.9 Å². The van der Waals surface area contributed by atoms with E-state index in [1.807, 2.05) is 4.90 Å². The summed E-state index contributed by atoms with van der Waals surface area (Å²) in [7, 11) is -6.94. The number of rotatable bonds is 6. The number of nitrogens with zero attached hydrogens (tertiary/aromatic N) is 1. The van der Waals surface area contributed by atoms with E-state index in [4.69, 9.17) is 0 Å². The molecule has 1 aromatic rings. The van der Waals surface area contributed by atoms with Gasteiger partial charge in [0.2, 0.25) is 0 Å². The Kier molecular flexibility index (Phi) is 4.70. The zero-order valence-corrected chi connectivity index (χ0v) is 15.1. The normalized spacial score (nSPS) is 16.0. The topological polar surface area (TPSA) is 71.5 Å². The summed E-state index contributed by atoms with van der Waals surface area (Å²) >= 11 is 3.38. The standard InChI is InChI=1S/C13H18BrNO4S2/c1-20(16,17)11-5-6-12(13(9-11)21(2,18)19)15(8-7-14)10-3-4-10/h5-6,9-10H,3-4,7-8H2,1-2H3. The van der Waals surface area contributed by atoms with Crippen molar-refractivity contribution in [2.45, 2.75) is 28.7 Å². The predicted octanol–water partition coefficient (Wildman–Crippen LogP) is 1.86. The Balaban J connectivity index is 2.60. The van der Waals surface area contributed by atoms with Crippen molar-refractivity contribution in [2.75, 3.05) is 29.3 Å². The molecule has 0 atom stereocenters. The van der Waals surface area contributed by atoms with Crippen LogP contribution in [0, 0.1) is 0 Å². The van der Waals surface area contributed by atoms with Crippen LogP contribution in [0.2, 0.25) is 0 Å². The van der Waals surface area contributed by atoms with Gasteiger partial charge >= 0.3 is 0 Å². The Hall–Kier alpha value is -0.600. The van der Waals surface area contributed by atoms with Crippen molar-refractivity contribution in [3.05, 3.63) is 18.2 Å². The molecule has 0 aliphatic heterocycles. The summed E-state index contributed by atoms with van der Waals surface area (Å²) in [6.45, 7) is 0.686. The molecule has 1 aromatic carbocycles. The van der Waals surface area contributed by atoms with Crippen LogP contribution in [0.5, 0.6) is 0 Å². The van der Waals surface area contributed by atoms with Gasteiger partial charge in [-0.05, 0) is 31.0 Å². The first-order chi connectivity index (χ1) is 9.64. The molecule has 2 rings (SSSR count). The molecule has 0 unspecified atom stereocenters. The molecule has 0 N–H and O–H groups in total. The third-order valence-electron chi connectivity index (χ3n) is 3.38. The lowest BCUT2D eigenvalue weighted by Gasteiger charge is -2.26. The molecular weight excluding hydrogens is 378 g/mol. The van der Waals surface area contributed by atoms with Gasteiger partial charge in [-0.15, -0.1) is 0 Å². The first-order valence-corrected chi connectivity index (χ1v) is 11.4. The van der Waals surface area contributed by atoms with Crippen LogP contribution in [0.25, 0.3) is 0 Å². The van der Waals surface area contributed by atoms with Crippen LogP contribution in [-0.2, 0) is 19.7 Å². The number of anilines is 1. The quantitative estimate of drug-likeness (QED) is 0.687. The smallest absolute Gasteiger partial charge is 0.177 e. The first kappa shape index (κ1) is 16.8. The van der Waals surface area contributed by atoms with Crippen molar-refractivity contribution in [3.63, 3.8) is 0 Å². The maximum absolute atomic E-state index is 12.1. The summed E-state index contributed by atoms with van der Waals surface area (Å²) in [5.74, 6) is 0. The fraction of sp³-hybridized carbons (Fsp3) is 0.538. The second-order valence-electron chi connectivity index (χ2n) is 5.29. The second kappa shape index (κ2) is 5.89. The van der Waals surface area contributed by atoms with Gasteiger partial charge in [0.05, 0.1) is 15.5 Å². The predicted molar refractivity (Wildman–Crippen MR) is 86.8 cm³/mol. The Morgan fingerprint density at radius 2 is 1.76 bits per heavy atom. The number of sulfone groups is 2. The van der Waals surface area contributed by atoms with Crippen molar-refractivity contribution >= 4 is 41.3 Å².